The highest BCUT2D eigenvalue weighted by atomic mass is 15.1. The minimum Gasteiger partial charge on any atom is -0.337 e. The molecule has 1 aromatic rings. The minimum atomic E-state index is 0.898. The van der Waals surface area contributed by atoms with Gasteiger partial charge in [0.15, 0.2) is 0 Å². The van der Waals surface area contributed by atoms with Gasteiger partial charge in [0.05, 0.1) is 6.33 Å². The Labute approximate surface area is 110 Å². The molecule has 1 saturated heterocycles. The number of piperidine rings is 1. The molecule has 4 nitrogen and oxygen atoms in total. The molecule has 0 amide bonds. The fourth-order valence-electron chi connectivity index (χ4n) is 2.54. The topological polar surface area (TPSA) is 33.1 Å². The maximum Gasteiger partial charge on any atom is 0.0945 e. The molecule has 0 aliphatic carbocycles. The molecule has 102 valence electrons. The van der Waals surface area contributed by atoms with Gasteiger partial charge in [-0.2, -0.15) is 0 Å². The Morgan fingerprint density at radius 1 is 1.28 bits per heavy atom. The molecule has 1 aliphatic heterocycles. The quantitative estimate of drug-likeness (QED) is 0.746. The van der Waals surface area contributed by atoms with E-state index in [0.29, 0.717) is 0 Å². The van der Waals surface area contributed by atoms with Crippen LogP contribution in [0, 0.1) is 5.92 Å². The van der Waals surface area contributed by atoms with Crippen LogP contribution in [-0.4, -0.2) is 47.7 Å². The van der Waals surface area contributed by atoms with Crippen LogP contribution in [0.5, 0.6) is 0 Å². The molecule has 18 heavy (non-hydrogen) atoms. The number of unbranched alkanes of at least 4 members (excludes halogenated alkanes) is 1. The zero-order valence-electron chi connectivity index (χ0n) is 11.5. The summed E-state index contributed by atoms with van der Waals surface area (Å²) in [6.07, 6.45) is 11.0. The summed E-state index contributed by atoms with van der Waals surface area (Å²) in [6.45, 7) is 6.00. The van der Waals surface area contributed by atoms with Crippen molar-refractivity contribution in [2.24, 2.45) is 5.92 Å². The predicted molar refractivity (Wildman–Crippen MR) is 74.6 cm³/mol. The Hall–Kier alpha value is -0.870. The van der Waals surface area contributed by atoms with Gasteiger partial charge in [-0.1, -0.05) is 0 Å². The standard InChI is InChI=1S/C14H26N4/c1-17-9-4-14(5-10-17)12-15-6-2-3-8-18-11-7-16-13-18/h7,11,13-15H,2-6,8-10,12H2,1H3. The number of imidazole rings is 1. The van der Waals surface area contributed by atoms with Crippen molar-refractivity contribution in [3.63, 3.8) is 0 Å². The van der Waals surface area contributed by atoms with E-state index in [9.17, 15) is 0 Å². The zero-order valence-corrected chi connectivity index (χ0v) is 11.5. The molecule has 1 aromatic heterocycles. The first kappa shape index (κ1) is 13.6. The lowest BCUT2D eigenvalue weighted by molar-refractivity contribution is 0.216. The van der Waals surface area contributed by atoms with E-state index in [1.807, 2.05) is 18.7 Å². The van der Waals surface area contributed by atoms with E-state index in [1.165, 1.54) is 45.3 Å². The lowest BCUT2D eigenvalue weighted by Gasteiger charge is -2.29. The van der Waals surface area contributed by atoms with Crippen molar-refractivity contribution < 1.29 is 0 Å². The van der Waals surface area contributed by atoms with E-state index in [2.05, 4.69) is 26.8 Å². The average molecular weight is 250 g/mol. The van der Waals surface area contributed by atoms with E-state index in [0.717, 1.165) is 19.0 Å². The van der Waals surface area contributed by atoms with Gasteiger partial charge in [-0.05, 0) is 64.8 Å². The second-order valence-electron chi connectivity index (χ2n) is 5.46. The van der Waals surface area contributed by atoms with E-state index in [-0.39, 0.29) is 0 Å². The molecule has 1 fully saturated rings. The lowest BCUT2D eigenvalue weighted by atomic mass is 9.97. The van der Waals surface area contributed by atoms with E-state index < -0.39 is 0 Å². The summed E-state index contributed by atoms with van der Waals surface area (Å²) in [4.78, 5) is 6.48. The van der Waals surface area contributed by atoms with Gasteiger partial charge in [0.25, 0.3) is 0 Å². The van der Waals surface area contributed by atoms with Gasteiger partial charge >= 0.3 is 0 Å². The largest absolute Gasteiger partial charge is 0.337 e. The average Bonchev–Trinajstić information content (AvgIpc) is 2.89. The maximum atomic E-state index is 4.05. The number of aryl methyl sites for hydroxylation is 1. The Bertz CT molecular complexity index is 302. The summed E-state index contributed by atoms with van der Waals surface area (Å²) in [5.41, 5.74) is 0. The summed E-state index contributed by atoms with van der Waals surface area (Å²) >= 11 is 0. The van der Waals surface area contributed by atoms with Crippen molar-refractivity contribution in [1.82, 2.24) is 19.8 Å². The molecule has 0 saturated carbocycles. The number of hydrogen-bond donors (Lipinski definition) is 1. The van der Waals surface area contributed by atoms with E-state index >= 15 is 0 Å². The van der Waals surface area contributed by atoms with Crippen LogP contribution >= 0.6 is 0 Å². The van der Waals surface area contributed by atoms with Crippen LogP contribution < -0.4 is 5.32 Å². The van der Waals surface area contributed by atoms with Crippen molar-refractivity contribution >= 4 is 0 Å². The van der Waals surface area contributed by atoms with Gasteiger partial charge in [-0.25, -0.2) is 4.98 Å². The summed E-state index contributed by atoms with van der Waals surface area (Å²) in [5.74, 6) is 0.898. The summed E-state index contributed by atoms with van der Waals surface area (Å²) in [6, 6.07) is 0. The molecule has 0 aromatic carbocycles. The molecule has 0 radical (unpaired) electrons. The highest BCUT2D eigenvalue weighted by Gasteiger charge is 2.15. The summed E-state index contributed by atoms with van der Waals surface area (Å²) in [5, 5.41) is 3.61. The fraction of sp³-hybridized carbons (Fsp3) is 0.786. The monoisotopic (exact) mass is 250 g/mol. The molecule has 0 bridgehead atoms. The highest BCUT2D eigenvalue weighted by molar-refractivity contribution is 4.74. The molecule has 1 N–H and O–H groups in total. The zero-order chi connectivity index (χ0) is 12.6. The minimum absolute atomic E-state index is 0.898. The number of rotatable bonds is 7. The Morgan fingerprint density at radius 3 is 2.83 bits per heavy atom. The molecule has 0 atom stereocenters. The van der Waals surface area contributed by atoms with Crippen LogP contribution in [0.2, 0.25) is 0 Å². The fourth-order valence-corrected chi connectivity index (χ4v) is 2.54. The summed E-state index contributed by atoms with van der Waals surface area (Å²) in [7, 11) is 2.22. The number of nitrogens with one attached hydrogen (secondary N) is 1. The van der Waals surface area contributed by atoms with Gasteiger partial charge in [-0.15, -0.1) is 0 Å². The van der Waals surface area contributed by atoms with Crippen molar-refractivity contribution in [3.05, 3.63) is 18.7 Å². The second kappa shape index (κ2) is 7.54. The van der Waals surface area contributed by atoms with Crippen LogP contribution in [0.25, 0.3) is 0 Å². The van der Waals surface area contributed by atoms with Gasteiger partial charge in [0.2, 0.25) is 0 Å². The highest BCUT2D eigenvalue weighted by Crippen LogP contribution is 2.14. The van der Waals surface area contributed by atoms with Crippen LogP contribution in [-0.2, 0) is 6.54 Å². The Morgan fingerprint density at radius 2 is 2.11 bits per heavy atom. The van der Waals surface area contributed by atoms with Crippen LogP contribution in [0.15, 0.2) is 18.7 Å². The van der Waals surface area contributed by atoms with Gasteiger partial charge < -0.3 is 14.8 Å². The molecule has 2 rings (SSSR count). The number of likely N-dealkylation sites (tertiary alicyclic amines) is 1. The number of aromatic nitrogens is 2. The van der Waals surface area contributed by atoms with Crippen LogP contribution in [0.3, 0.4) is 0 Å². The second-order valence-corrected chi connectivity index (χ2v) is 5.46. The van der Waals surface area contributed by atoms with Crippen LogP contribution in [0.4, 0.5) is 0 Å². The first-order valence-corrected chi connectivity index (χ1v) is 7.19. The normalized spacial score (nSPS) is 18.3. The van der Waals surface area contributed by atoms with Crippen LogP contribution in [0.1, 0.15) is 25.7 Å². The molecule has 0 spiro atoms. The van der Waals surface area contributed by atoms with Gasteiger partial charge in [-0.3, -0.25) is 0 Å². The third-order valence-electron chi connectivity index (χ3n) is 3.85. The van der Waals surface area contributed by atoms with Crippen molar-refractivity contribution in [2.75, 3.05) is 33.2 Å². The maximum absolute atomic E-state index is 4.05. The molecule has 4 heteroatoms. The summed E-state index contributed by atoms with van der Waals surface area (Å²) < 4.78 is 2.15. The van der Waals surface area contributed by atoms with Crippen molar-refractivity contribution in [2.45, 2.75) is 32.2 Å². The smallest absolute Gasteiger partial charge is 0.0945 e. The first-order valence-electron chi connectivity index (χ1n) is 7.19. The number of hydrogen-bond acceptors (Lipinski definition) is 3. The van der Waals surface area contributed by atoms with E-state index in [1.54, 1.807) is 0 Å². The molecular weight excluding hydrogens is 224 g/mol. The first-order chi connectivity index (χ1) is 8.84. The van der Waals surface area contributed by atoms with Crippen molar-refractivity contribution in [3.8, 4) is 0 Å². The number of nitrogens with zero attached hydrogens (tertiary/aromatic N) is 3. The lowest BCUT2D eigenvalue weighted by Crippen LogP contribution is -2.35. The molecule has 1 aliphatic rings. The van der Waals surface area contributed by atoms with Gasteiger partial charge in [0.1, 0.15) is 0 Å². The van der Waals surface area contributed by atoms with Crippen molar-refractivity contribution in [1.29, 1.82) is 0 Å². The van der Waals surface area contributed by atoms with E-state index in [4.69, 9.17) is 0 Å². The Balaban J connectivity index is 1.44. The third kappa shape index (κ3) is 4.78. The van der Waals surface area contributed by atoms with Gasteiger partial charge in [0, 0.05) is 18.9 Å². The molecule has 2 heterocycles. The molecule has 0 unspecified atom stereocenters. The predicted octanol–water partition coefficient (Wildman–Crippen LogP) is 1.59. The SMILES string of the molecule is CN1CCC(CNCCCCn2ccnc2)CC1. The Kier molecular flexibility index (Phi) is 5.68. The molecular formula is C14H26N4. The third-order valence-corrected chi connectivity index (χ3v) is 3.85.